The van der Waals surface area contributed by atoms with Gasteiger partial charge in [-0.1, -0.05) is 18.2 Å². The molecule has 2 aromatic rings. The summed E-state index contributed by atoms with van der Waals surface area (Å²) in [7, 11) is 0. The number of benzene rings is 1. The second-order valence-corrected chi connectivity index (χ2v) is 7.59. The Kier molecular flexibility index (Phi) is 5.08. The predicted molar refractivity (Wildman–Crippen MR) is 111 cm³/mol. The minimum atomic E-state index is -4.50. The van der Waals surface area contributed by atoms with Crippen LogP contribution in [0.4, 0.5) is 18.9 Å². The van der Waals surface area contributed by atoms with Crippen LogP contribution in [0.25, 0.3) is 6.08 Å². The Balaban J connectivity index is 1.62. The van der Waals surface area contributed by atoms with E-state index in [9.17, 15) is 22.8 Å². The molecule has 0 radical (unpaired) electrons. The van der Waals surface area contributed by atoms with Gasteiger partial charge in [-0.15, -0.1) is 0 Å². The summed E-state index contributed by atoms with van der Waals surface area (Å²) in [6, 6.07) is 4.49. The first kappa shape index (κ1) is 20.7. The van der Waals surface area contributed by atoms with Crippen molar-refractivity contribution in [3.8, 4) is 0 Å². The number of amides is 2. The average molecular weight is 427 g/mol. The third kappa shape index (κ3) is 3.93. The molecule has 0 saturated carbocycles. The van der Waals surface area contributed by atoms with Gasteiger partial charge in [0.05, 0.1) is 11.1 Å². The lowest BCUT2D eigenvalue weighted by molar-refractivity contribution is -0.137. The van der Waals surface area contributed by atoms with Gasteiger partial charge in [-0.25, -0.2) is 0 Å². The zero-order valence-corrected chi connectivity index (χ0v) is 16.9. The van der Waals surface area contributed by atoms with E-state index in [0.29, 0.717) is 34.5 Å². The molecule has 1 atom stereocenters. The van der Waals surface area contributed by atoms with Gasteiger partial charge in [-0.05, 0) is 56.2 Å². The van der Waals surface area contributed by atoms with Gasteiger partial charge in [0.2, 0.25) is 0 Å². The number of nitrogens with one attached hydrogen (secondary N) is 3. The van der Waals surface area contributed by atoms with Crippen molar-refractivity contribution >= 4 is 23.6 Å². The van der Waals surface area contributed by atoms with Crippen LogP contribution in [-0.2, 0) is 11.0 Å². The number of anilines is 1. The first-order chi connectivity index (χ1) is 14.6. The number of aryl methyl sites for hydroxylation is 1. The highest BCUT2D eigenvalue weighted by atomic mass is 19.4. The summed E-state index contributed by atoms with van der Waals surface area (Å²) in [5.74, 6) is -0.753. The van der Waals surface area contributed by atoms with Crippen LogP contribution in [0.2, 0.25) is 0 Å². The monoisotopic (exact) mass is 427 g/mol. The lowest BCUT2D eigenvalue weighted by Gasteiger charge is -2.12. The molecule has 5 nitrogen and oxygen atoms in total. The molecular formula is C23H20F3N3O2. The van der Waals surface area contributed by atoms with Crippen LogP contribution in [-0.4, -0.2) is 16.8 Å². The molecule has 1 aromatic carbocycles. The largest absolute Gasteiger partial charge is 0.416 e. The minimum Gasteiger partial charge on any atom is -0.358 e. The van der Waals surface area contributed by atoms with Crippen molar-refractivity contribution in [3.63, 3.8) is 0 Å². The van der Waals surface area contributed by atoms with Crippen LogP contribution in [0.3, 0.4) is 0 Å². The van der Waals surface area contributed by atoms with E-state index in [0.717, 1.165) is 17.8 Å². The van der Waals surface area contributed by atoms with E-state index in [1.165, 1.54) is 12.1 Å². The van der Waals surface area contributed by atoms with Crippen LogP contribution in [0.5, 0.6) is 0 Å². The quantitative estimate of drug-likeness (QED) is 0.611. The number of carbonyl (C=O) groups is 2. The summed E-state index contributed by atoms with van der Waals surface area (Å²) >= 11 is 0. The van der Waals surface area contributed by atoms with E-state index in [1.807, 2.05) is 18.2 Å². The van der Waals surface area contributed by atoms with Crippen molar-refractivity contribution in [1.82, 2.24) is 10.3 Å². The molecule has 1 fully saturated rings. The first-order valence-electron chi connectivity index (χ1n) is 9.72. The lowest BCUT2D eigenvalue weighted by Crippen LogP contribution is -2.14. The Bertz CT molecular complexity index is 1170. The van der Waals surface area contributed by atoms with E-state index < -0.39 is 17.6 Å². The lowest BCUT2D eigenvalue weighted by atomic mass is 9.91. The van der Waals surface area contributed by atoms with Gasteiger partial charge in [0.1, 0.15) is 0 Å². The van der Waals surface area contributed by atoms with Crippen molar-refractivity contribution in [1.29, 1.82) is 0 Å². The van der Waals surface area contributed by atoms with Crippen molar-refractivity contribution in [2.24, 2.45) is 5.92 Å². The Labute approximate surface area is 176 Å². The van der Waals surface area contributed by atoms with Crippen LogP contribution < -0.4 is 10.6 Å². The number of rotatable bonds is 3. The van der Waals surface area contributed by atoms with E-state index in [2.05, 4.69) is 15.6 Å². The van der Waals surface area contributed by atoms with Crippen molar-refractivity contribution < 1.29 is 22.8 Å². The molecule has 1 unspecified atom stereocenters. The van der Waals surface area contributed by atoms with Crippen molar-refractivity contribution in [2.75, 3.05) is 5.32 Å². The van der Waals surface area contributed by atoms with E-state index in [4.69, 9.17) is 0 Å². The van der Waals surface area contributed by atoms with Gasteiger partial charge in [0, 0.05) is 34.3 Å². The predicted octanol–water partition coefficient (Wildman–Crippen LogP) is 4.88. The second-order valence-electron chi connectivity index (χ2n) is 7.59. The highest BCUT2D eigenvalue weighted by molar-refractivity contribution is 6.07. The van der Waals surface area contributed by atoms with Crippen molar-refractivity contribution in [2.45, 2.75) is 26.4 Å². The summed E-state index contributed by atoms with van der Waals surface area (Å²) < 4.78 is 38.8. The van der Waals surface area contributed by atoms with Crippen LogP contribution in [0.15, 0.2) is 53.8 Å². The van der Waals surface area contributed by atoms with Crippen molar-refractivity contribution in [3.05, 3.63) is 81.8 Å². The SMILES string of the molecule is Cc1[nH]c(C=C2C(=O)NC3=CC=CCC32)c(C)c1C(=O)Nc1cccc(C(F)(F)F)c1. The molecule has 0 bridgehead atoms. The molecular weight excluding hydrogens is 407 g/mol. The molecule has 8 heteroatoms. The van der Waals surface area contributed by atoms with Gasteiger partial charge in [0.15, 0.2) is 0 Å². The summed E-state index contributed by atoms with van der Waals surface area (Å²) in [5.41, 5.74) is 2.80. The van der Waals surface area contributed by atoms with Gasteiger partial charge >= 0.3 is 6.18 Å². The van der Waals surface area contributed by atoms with E-state index in [1.54, 1.807) is 19.9 Å². The standard InChI is InChI=1S/C23H20F3N3O2/c1-12-19(11-17-16-8-3-4-9-18(16)29-21(17)30)27-13(2)20(12)22(31)28-15-7-5-6-14(10-15)23(24,25)26/h3-7,9-11,16,27H,8H2,1-2H3,(H,28,31)(H,29,30). The number of aromatic amines is 1. The number of H-pyrrole nitrogens is 1. The maximum absolute atomic E-state index is 12.9. The number of alkyl halides is 3. The van der Waals surface area contributed by atoms with Crippen LogP contribution >= 0.6 is 0 Å². The zero-order chi connectivity index (χ0) is 22.3. The summed E-state index contributed by atoms with van der Waals surface area (Å²) in [6.07, 6.45) is 3.71. The minimum absolute atomic E-state index is 0.0529. The molecule has 1 saturated heterocycles. The van der Waals surface area contributed by atoms with Gasteiger partial charge in [0.25, 0.3) is 11.8 Å². The molecule has 0 spiro atoms. The second kappa shape index (κ2) is 7.61. The van der Waals surface area contributed by atoms with Gasteiger partial charge in [-0.2, -0.15) is 13.2 Å². The third-order valence-electron chi connectivity index (χ3n) is 5.51. The maximum Gasteiger partial charge on any atom is 0.416 e. The molecule has 3 N–H and O–H groups in total. The molecule has 2 amide bonds. The fraction of sp³-hybridized carbons (Fsp3) is 0.217. The average Bonchev–Trinajstić information content (AvgIpc) is 3.17. The molecule has 31 heavy (non-hydrogen) atoms. The number of halogens is 3. The molecule has 1 aliphatic heterocycles. The molecule has 160 valence electrons. The topological polar surface area (TPSA) is 74.0 Å². The third-order valence-corrected chi connectivity index (χ3v) is 5.51. The zero-order valence-electron chi connectivity index (χ0n) is 16.9. The molecule has 1 aromatic heterocycles. The fourth-order valence-corrected chi connectivity index (χ4v) is 3.96. The normalized spacial score (nSPS) is 19.3. The summed E-state index contributed by atoms with van der Waals surface area (Å²) in [4.78, 5) is 28.4. The fourth-order valence-electron chi connectivity index (χ4n) is 3.96. The first-order valence-corrected chi connectivity index (χ1v) is 9.72. The number of allylic oxidation sites excluding steroid dienone is 4. The van der Waals surface area contributed by atoms with E-state index >= 15 is 0 Å². The maximum atomic E-state index is 12.9. The Morgan fingerprint density at radius 1 is 1.26 bits per heavy atom. The number of hydrogen-bond acceptors (Lipinski definition) is 2. The van der Waals surface area contributed by atoms with E-state index in [-0.39, 0.29) is 17.5 Å². The van der Waals surface area contributed by atoms with Crippen LogP contribution in [0.1, 0.15) is 39.3 Å². The number of hydrogen-bond donors (Lipinski definition) is 3. The Morgan fingerprint density at radius 3 is 2.77 bits per heavy atom. The number of fused-ring (bicyclic) bond motifs is 1. The molecule has 2 heterocycles. The highest BCUT2D eigenvalue weighted by Gasteiger charge is 2.33. The van der Waals surface area contributed by atoms with Gasteiger partial charge in [-0.3, -0.25) is 9.59 Å². The Morgan fingerprint density at radius 2 is 2.03 bits per heavy atom. The summed E-state index contributed by atoms with van der Waals surface area (Å²) in [5, 5.41) is 5.39. The molecule has 4 rings (SSSR count). The number of aromatic nitrogens is 1. The molecule has 2 aliphatic rings. The smallest absolute Gasteiger partial charge is 0.358 e. The van der Waals surface area contributed by atoms with Crippen LogP contribution in [0, 0.1) is 19.8 Å². The summed E-state index contributed by atoms with van der Waals surface area (Å²) in [6.45, 7) is 3.45. The number of carbonyl (C=O) groups excluding carboxylic acids is 2. The highest BCUT2D eigenvalue weighted by Crippen LogP contribution is 2.34. The van der Waals surface area contributed by atoms with Gasteiger partial charge < -0.3 is 15.6 Å². The Hall–Kier alpha value is -3.55. The molecule has 1 aliphatic carbocycles.